The number of aromatic nitrogens is 1. The van der Waals surface area contributed by atoms with Crippen molar-refractivity contribution in [3.8, 4) is 17.6 Å². The van der Waals surface area contributed by atoms with Crippen LogP contribution in [0.15, 0.2) is 42.6 Å². The van der Waals surface area contributed by atoms with E-state index < -0.39 is 18.5 Å². The zero-order valence-corrected chi connectivity index (χ0v) is 14.5. The molecule has 0 saturated carbocycles. The SMILES string of the molecule is N#CCCN(C(=O)COC(=O)c1ccccn1)c1ccc2c(c1)OCCO2. The van der Waals surface area contributed by atoms with E-state index in [2.05, 4.69) is 4.98 Å². The first kappa shape index (κ1) is 18.2. The second kappa shape index (κ2) is 8.67. The summed E-state index contributed by atoms with van der Waals surface area (Å²) in [7, 11) is 0. The summed E-state index contributed by atoms with van der Waals surface area (Å²) < 4.78 is 16.1. The minimum atomic E-state index is -0.689. The number of ether oxygens (including phenoxy) is 3. The van der Waals surface area contributed by atoms with Crippen molar-refractivity contribution < 1.29 is 23.8 Å². The Kier molecular flexibility index (Phi) is 5.84. The first-order valence-corrected chi connectivity index (χ1v) is 8.34. The zero-order valence-electron chi connectivity index (χ0n) is 14.5. The van der Waals surface area contributed by atoms with Crippen molar-refractivity contribution in [2.45, 2.75) is 6.42 Å². The molecule has 2 aromatic rings. The molecule has 0 saturated heterocycles. The van der Waals surface area contributed by atoms with Crippen molar-refractivity contribution in [2.24, 2.45) is 0 Å². The van der Waals surface area contributed by atoms with E-state index >= 15 is 0 Å². The van der Waals surface area contributed by atoms with Crippen LogP contribution in [0.3, 0.4) is 0 Å². The van der Waals surface area contributed by atoms with E-state index in [1.54, 1.807) is 30.3 Å². The molecule has 0 spiro atoms. The number of hydrogen-bond donors (Lipinski definition) is 0. The van der Waals surface area contributed by atoms with Crippen LogP contribution in [-0.4, -0.2) is 43.2 Å². The van der Waals surface area contributed by atoms with E-state index in [4.69, 9.17) is 19.5 Å². The molecule has 1 amide bonds. The maximum absolute atomic E-state index is 12.6. The third kappa shape index (κ3) is 4.52. The van der Waals surface area contributed by atoms with Crippen LogP contribution in [0.2, 0.25) is 0 Å². The Hall–Kier alpha value is -3.60. The Morgan fingerprint density at radius 1 is 1.19 bits per heavy atom. The van der Waals surface area contributed by atoms with Crippen molar-refractivity contribution in [1.82, 2.24) is 4.98 Å². The van der Waals surface area contributed by atoms with E-state index in [-0.39, 0.29) is 18.7 Å². The molecule has 27 heavy (non-hydrogen) atoms. The van der Waals surface area contributed by atoms with E-state index in [0.717, 1.165) is 0 Å². The Balaban J connectivity index is 1.71. The molecule has 1 aromatic carbocycles. The minimum absolute atomic E-state index is 0.119. The first-order valence-electron chi connectivity index (χ1n) is 8.34. The van der Waals surface area contributed by atoms with Gasteiger partial charge in [0, 0.05) is 24.5 Å². The summed E-state index contributed by atoms with van der Waals surface area (Å²) in [6.07, 6.45) is 1.60. The van der Waals surface area contributed by atoms with Gasteiger partial charge in [-0.25, -0.2) is 9.78 Å². The monoisotopic (exact) mass is 367 g/mol. The third-order valence-electron chi connectivity index (χ3n) is 3.79. The third-order valence-corrected chi connectivity index (χ3v) is 3.79. The molecular formula is C19H17N3O5. The summed E-state index contributed by atoms with van der Waals surface area (Å²) in [5.41, 5.74) is 0.654. The van der Waals surface area contributed by atoms with Crippen LogP contribution in [0.25, 0.3) is 0 Å². The van der Waals surface area contributed by atoms with Gasteiger partial charge in [0.2, 0.25) is 0 Å². The topological polar surface area (TPSA) is 102 Å². The van der Waals surface area contributed by atoms with Crippen LogP contribution in [0.4, 0.5) is 5.69 Å². The molecule has 1 aromatic heterocycles. The number of carbonyl (C=O) groups is 2. The fraction of sp³-hybridized carbons (Fsp3) is 0.263. The van der Waals surface area contributed by atoms with Crippen LogP contribution in [0.5, 0.6) is 11.5 Å². The molecule has 0 bridgehead atoms. The van der Waals surface area contributed by atoms with Crippen LogP contribution >= 0.6 is 0 Å². The van der Waals surface area contributed by atoms with Gasteiger partial charge < -0.3 is 19.1 Å². The summed E-state index contributed by atoms with van der Waals surface area (Å²) in [5, 5.41) is 8.88. The first-order chi connectivity index (χ1) is 13.2. The predicted molar refractivity (Wildman–Crippen MR) is 94.5 cm³/mol. The second-order valence-electron chi connectivity index (χ2n) is 5.57. The maximum atomic E-state index is 12.6. The van der Waals surface area contributed by atoms with Gasteiger partial charge in [0.1, 0.15) is 18.9 Å². The van der Waals surface area contributed by atoms with Crippen molar-refractivity contribution in [3.63, 3.8) is 0 Å². The molecule has 8 nitrogen and oxygen atoms in total. The summed E-state index contributed by atoms with van der Waals surface area (Å²) in [5.74, 6) is -0.0178. The largest absolute Gasteiger partial charge is 0.486 e. The number of hydrogen-bond acceptors (Lipinski definition) is 7. The molecule has 0 aliphatic carbocycles. The van der Waals surface area contributed by atoms with Gasteiger partial charge in [-0.15, -0.1) is 0 Å². The number of carbonyl (C=O) groups excluding carboxylic acids is 2. The van der Waals surface area contributed by atoms with Crippen LogP contribution in [0.1, 0.15) is 16.9 Å². The van der Waals surface area contributed by atoms with E-state index in [1.165, 1.54) is 17.2 Å². The van der Waals surface area contributed by atoms with Crippen molar-refractivity contribution in [2.75, 3.05) is 31.3 Å². The number of benzene rings is 1. The standard InChI is InChI=1S/C19H17N3O5/c20-7-3-9-22(14-5-6-16-17(12-14)26-11-10-25-16)18(23)13-27-19(24)15-4-1-2-8-21-15/h1-2,4-6,8,12H,3,9-11,13H2. The molecule has 1 aliphatic heterocycles. The highest BCUT2D eigenvalue weighted by molar-refractivity contribution is 5.97. The predicted octanol–water partition coefficient (Wildman–Crippen LogP) is 1.96. The summed E-state index contributed by atoms with van der Waals surface area (Å²) in [6, 6.07) is 11.9. The number of pyridine rings is 1. The minimum Gasteiger partial charge on any atom is -0.486 e. The maximum Gasteiger partial charge on any atom is 0.357 e. The van der Waals surface area contributed by atoms with Gasteiger partial charge in [0.15, 0.2) is 18.1 Å². The molecule has 1 aliphatic rings. The molecule has 8 heteroatoms. The molecule has 2 heterocycles. The van der Waals surface area contributed by atoms with E-state index in [9.17, 15) is 9.59 Å². The quantitative estimate of drug-likeness (QED) is 0.719. The molecule has 0 radical (unpaired) electrons. The number of nitrogens with zero attached hydrogens (tertiary/aromatic N) is 3. The highest BCUT2D eigenvalue weighted by atomic mass is 16.6. The number of amides is 1. The molecule has 0 N–H and O–H groups in total. The molecule has 3 rings (SSSR count). The van der Waals surface area contributed by atoms with E-state index in [0.29, 0.717) is 30.4 Å². The average molecular weight is 367 g/mol. The van der Waals surface area contributed by atoms with Crippen LogP contribution in [0, 0.1) is 11.3 Å². The number of rotatable bonds is 6. The van der Waals surface area contributed by atoms with Crippen LogP contribution < -0.4 is 14.4 Å². The summed E-state index contributed by atoms with van der Waals surface area (Å²) in [6.45, 7) is 0.586. The van der Waals surface area contributed by atoms with Gasteiger partial charge in [-0.1, -0.05) is 6.07 Å². The molecule has 138 valence electrons. The zero-order chi connectivity index (χ0) is 19.1. The Morgan fingerprint density at radius 3 is 2.74 bits per heavy atom. The van der Waals surface area contributed by atoms with Gasteiger partial charge in [-0.2, -0.15) is 5.26 Å². The average Bonchev–Trinajstić information content (AvgIpc) is 2.72. The lowest BCUT2D eigenvalue weighted by molar-refractivity contribution is -0.121. The number of anilines is 1. The fourth-order valence-corrected chi connectivity index (χ4v) is 2.52. The molecule has 0 unspecified atom stereocenters. The highest BCUT2D eigenvalue weighted by Gasteiger charge is 2.21. The lowest BCUT2D eigenvalue weighted by Gasteiger charge is -2.24. The lowest BCUT2D eigenvalue weighted by Crippen LogP contribution is -2.35. The van der Waals surface area contributed by atoms with Crippen LogP contribution in [-0.2, 0) is 9.53 Å². The Labute approximate surface area is 155 Å². The summed E-state index contributed by atoms with van der Waals surface area (Å²) >= 11 is 0. The van der Waals surface area contributed by atoms with Gasteiger partial charge in [-0.05, 0) is 24.3 Å². The van der Waals surface area contributed by atoms with Gasteiger partial charge in [0.25, 0.3) is 5.91 Å². The Morgan fingerprint density at radius 2 is 2.00 bits per heavy atom. The van der Waals surface area contributed by atoms with Gasteiger partial charge >= 0.3 is 5.97 Å². The van der Waals surface area contributed by atoms with Gasteiger partial charge in [-0.3, -0.25) is 4.79 Å². The number of nitriles is 1. The number of fused-ring (bicyclic) bond motifs is 1. The molecular weight excluding hydrogens is 350 g/mol. The second-order valence-corrected chi connectivity index (χ2v) is 5.57. The van der Waals surface area contributed by atoms with Crippen molar-refractivity contribution in [1.29, 1.82) is 5.26 Å². The Bertz CT molecular complexity index is 863. The highest BCUT2D eigenvalue weighted by Crippen LogP contribution is 2.34. The lowest BCUT2D eigenvalue weighted by atomic mass is 10.2. The molecule has 0 fully saturated rings. The normalized spacial score (nSPS) is 12.0. The number of esters is 1. The van der Waals surface area contributed by atoms with Gasteiger partial charge in [0.05, 0.1) is 12.5 Å². The summed E-state index contributed by atoms with van der Waals surface area (Å²) in [4.78, 5) is 29.8. The smallest absolute Gasteiger partial charge is 0.357 e. The fourth-order valence-electron chi connectivity index (χ4n) is 2.52. The van der Waals surface area contributed by atoms with Crippen molar-refractivity contribution >= 4 is 17.6 Å². The molecule has 0 atom stereocenters. The van der Waals surface area contributed by atoms with Crippen molar-refractivity contribution in [3.05, 3.63) is 48.3 Å². The van der Waals surface area contributed by atoms with E-state index in [1.807, 2.05) is 6.07 Å².